The molecule has 0 saturated carbocycles. The molecular weight excluding hydrogens is 246 g/mol. The Hall–Kier alpha value is -3.12. The maximum atomic E-state index is 9.47. The zero-order valence-electron chi connectivity index (χ0n) is 10.1. The summed E-state index contributed by atoms with van der Waals surface area (Å²) in [5.74, 6) is -0.608. The molecule has 96 valence electrons. The van der Waals surface area contributed by atoms with Crippen LogP contribution in [-0.4, -0.2) is 17.3 Å². The fourth-order valence-electron chi connectivity index (χ4n) is 1.29. The van der Waals surface area contributed by atoms with Crippen molar-refractivity contribution in [2.24, 2.45) is 5.73 Å². The molecule has 0 unspecified atom stereocenters. The summed E-state index contributed by atoms with van der Waals surface area (Å²) in [6.45, 7) is 0. The van der Waals surface area contributed by atoms with E-state index >= 15 is 0 Å². The molecule has 0 bridgehead atoms. The van der Waals surface area contributed by atoms with Gasteiger partial charge >= 0.3 is 0 Å². The number of phenolic OH excluding ortho intramolecular Hbond substituents is 2. The number of methoxy groups -OCH3 is 1. The highest BCUT2D eigenvalue weighted by atomic mass is 16.5. The van der Waals surface area contributed by atoms with Gasteiger partial charge in [-0.1, -0.05) is 6.08 Å². The molecule has 0 aromatic heterocycles. The molecule has 0 spiro atoms. The van der Waals surface area contributed by atoms with Crippen LogP contribution in [0, 0.1) is 22.7 Å². The van der Waals surface area contributed by atoms with Crippen LogP contribution >= 0.6 is 0 Å². The summed E-state index contributed by atoms with van der Waals surface area (Å²) < 4.78 is 4.87. The van der Waals surface area contributed by atoms with Gasteiger partial charge in [-0.25, -0.2) is 0 Å². The monoisotopic (exact) mass is 257 g/mol. The molecule has 0 aliphatic heterocycles. The van der Waals surface area contributed by atoms with Crippen molar-refractivity contribution in [3.05, 3.63) is 35.0 Å². The molecule has 0 fully saturated rings. The van der Waals surface area contributed by atoms with Crippen LogP contribution in [0.2, 0.25) is 0 Å². The summed E-state index contributed by atoms with van der Waals surface area (Å²) in [6.07, 6.45) is 2.83. The summed E-state index contributed by atoms with van der Waals surface area (Å²) >= 11 is 0. The maximum Gasteiger partial charge on any atom is 0.200 e. The van der Waals surface area contributed by atoms with Gasteiger partial charge in [0.1, 0.15) is 12.1 Å². The van der Waals surface area contributed by atoms with Gasteiger partial charge in [0, 0.05) is 0 Å². The molecule has 1 aromatic carbocycles. The van der Waals surface area contributed by atoms with Gasteiger partial charge in [-0.3, -0.25) is 0 Å². The van der Waals surface area contributed by atoms with Crippen molar-refractivity contribution in [3.8, 4) is 29.4 Å². The predicted octanol–water partition coefficient (Wildman–Crippen LogP) is 1.38. The molecule has 0 heterocycles. The second-order valence-electron chi connectivity index (χ2n) is 3.48. The SMILES string of the molecule is COc1cc(C=CC(N)=C(C#N)C#N)cc(O)c1O. The van der Waals surface area contributed by atoms with Crippen molar-refractivity contribution >= 4 is 6.08 Å². The first-order valence-electron chi connectivity index (χ1n) is 5.11. The number of phenols is 2. The number of hydrogen-bond acceptors (Lipinski definition) is 6. The molecule has 0 saturated heterocycles. The second-order valence-corrected chi connectivity index (χ2v) is 3.48. The predicted molar refractivity (Wildman–Crippen MR) is 67.8 cm³/mol. The van der Waals surface area contributed by atoms with Crippen molar-refractivity contribution in [2.45, 2.75) is 0 Å². The van der Waals surface area contributed by atoms with Crippen LogP contribution in [0.25, 0.3) is 6.08 Å². The first-order valence-corrected chi connectivity index (χ1v) is 5.11. The second kappa shape index (κ2) is 5.99. The Morgan fingerprint density at radius 1 is 1.32 bits per heavy atom. The third kappa shape index (κ3) is 3.18. The van der Waals surface area contributed by atoms with E-state index in [1.165, 1.54) is 31.4 Å². The number of benzene rings is 1. The van der Waals surface area contributed by atoms with E-state index < -0.39 is 0 Å². The van der Waals surface area contributed by atoms with Crippen molar-refractivity contribution in [2.75, 3.05) is 7.11 Å². The molecule has 6 nitrogen and oxygen atoms in total. The summed E-state index contributed by atoms with van der Waals surface area (Å²) in [6, 6.07) is 6.08. The Labute approximate surface area is 109 Å². The van der Waals surface area contributed by atoms with Gasteiger partial charge in [-0.15, -0.1) is 0 Å². The van der Waals surface area contributed by atoms with E-state index in [0.717, 1.165) is 0 Å². The van der Waals surface area contributed by atoms with Crippen LogP contribution in [-0.2, 0) is 0 Å². The van der Waals surface area contributed by atoms with Crippen LogP contribution in [0.1, 0.15) is 5.56 Å². The highest BCUT2D eigenvalue weighted by Gasteiger charge is 2.08. The highest BCUT2D eigenvalue weighted by Crippen LogP contribution is 2.36. The van der Waals surface area contributed by atoms with Gasteiger partial charge < -0.3 is 20.7 Å². The van der Waals surface area contributed by atoms with E-state index in [9.17, 15) is 10.2 Å². The standard InChI is InChI=1S/C13H11N3O3/c1-19-12-5-8(4-11(17)13(12)18)2-3-10(16)9(6-14)7-15/h2-5,17-18H,16H2,1H3. The van der Waals surface area contributed by atoms with E-state index in [0.29, 0.717) is 5.56 Å². The summed E-state index contributed by atoms with van der Waals surface area (Å²) in [5.41, 5.74) is 5.83. The van der Waals surface area contributed by atoms with E-state index in [2.05, 4.69) is 0 Å². The minimum Gasteiger partial charge on any atom is -0.504 e. The van der Waals surface area contributed by atoms with Crippen LogP contribution in [0.4, 0.5) is 0 Å². The van der Waals surface area contributed by atoms with Gasteiger partial charge in [0.15, 0.2) is 17.1 Å². The topological polar surface area (TPSA) is 123 Å². The largest absolute Gasteiger partial charge is 0.504 e. The Kier molecular flexibility index (Phi) is 4.39. The number of hydrogen-bond donors (Lipinski definition) is 3. The molecule has 0 atom stereocenters. The number of rotatable bonds is 3. The number of allylic oxidation sites excluding steroid dienone is 2. The Morgan fingerprint density at radius 3 is 2.47 bits per heavy atom. The van der Waals surface area contributed by atoms with Crippen LogP contribution in [0.3, 0.4) is 0 Å². The van der Waals surface area contributed by atoms with Crippen molar-refractivity contribution < 1.29 is 14.9 Å². The molecule has 0 radical (unpaired) electrons. The molecular formula is C13H11N3O3. The van der Waals surface area contributed by atoms with E-state index in [1.807, 2.05) is 0 Å². The first-order chi connectivity index (χ1) is 9.03. The Bertz CT molecular complexity index is 618. The lowest BCUT2D eigenvalue weighted by molar-refractivity contribution is 0.351. The fourth-order valence-corrected chi connectivity index (χ4v) is 1.29. The Morgan fingerprint density at radius 2 is 1.95 bits per heavy atom. The smallest absolute Gasteiger partial charge is 0.200 e. The summed E-state index contributed by atoms with van der Waals surface area (Å²) in [4.78, 5) is 0. The molecule has 1 aromatic rings. The fraction of sp³-hybridized carbons (Fsp3) is 0.0769. The molecule has 0 amide bonds. The molecule has 6 heteroatoms. The van der Waals surface area contributed by atoms with E-state index in [1.54, 1.807) is 12.1 Å². The van der Waals surface area contributed by atoms with Gasteiger partial charge in [0.25, 0.3) is 0 Å². The third-order valence-corrected chi connectivity index (χ3v) is 2.26. The highest BCUT2D eigenvalue weighted by molar-refractivity contribution is 5.63. The first kappa shape index (κ1) is 13.9. The average Bonchev–Trinajstić information content (AvgIpc) is 2.41. The number of nitriles is 2. The zero-order valence-corrected chi connectivity index (χ0v) is 10.1. The lowest BCUT2D eigenvalue weighted by atomic mass is 10.1. The summed E-state index contributed by atoms with van der Waals surface area (Å²) in [7, 11) is 1.35. The van der Waals surface area contributed by atoms with Gasteiger partial charge in [0.05, 0.1) is 12.8 Å². The van der Waals surface area contributed by atoms with Crippen LogP contribution < -0.4 is 10.5 Å². The van der Waals surface area contributed by atoms with Gasteiger partial charge in [-0.05, 0) is 23.8 Å². The minimum atomic E-state index is -0.363. The van der Waals surface area contributed by atoms with E-state index in [-0.39, 0.29) is 28.5 Å². The third-order valence-electron chi connectivity index (χ3n) is 2.26. The normalized spacial score (nSPS) is 9.63. The van der Waals surface area contributed by atoms with Crippen molar-refractivity contribution in [3.63, 3.8) is 0 Å². The van der Waals surface area contributed by atoms with Crippen LogP contribution in [0.5, 0.6) is 17.2 Å². The molecule has 0 aliphatic carbocycles. The zero-order chi connectivity index (χ0) is 14.4. The molecule has 19 heavy (non-hydrogen) atoms. The molecule has 4 N–H and O–H groups in total. The number of aromatic hydroxyl groups is 2. The quantitative estimate of drug-likeness (QED) is 0.427. The van der Waals surface area contributed by atoms with Gasteiger partial charge in [-0.2, -0.15) is 10.5 Å². The van der Waals surface area contributed by atoms with Crippen LogP contribution in [0.15, 0.2) is 29.5 Å². The average molecular weight is 257 g/mol. The molecule has 1 rings (SSSR count). The Balaban J connectivity index is 3.15. The van der Waals surface area contributed by atoms with E-state index in [4.69, 9.17) is 21.0 Å². The number of nitrogens with zero attached hydrogens (tertiary/aromatic N) is 2. The lowest BCUT2D eigenvalue weighted by Gasteiger charge is -2.06. The lowest BCUT2D eigenvalue weighted by Crippen LogP contribution is -1.96. The molecule has 0 aliphatic rings. The number of ether oxygens (including phenoxy) is 1. The maximum absolute atomic E-state index is 9.47. The van der Waals surface area contributed by atoms with Crippen molar-refractivity contribution in [1.29, 1.82) is 10.5 Å². The van der Waals surface area contributed by atoms with Gasteiger partial charge in [0.2, 0.25) is 5.75 Å². The summed E-state index contributed by atoms with van der Waals surface area (Å²) in [5, 5.41) is 36.1. The van der Waals surface area contributed by atoms with Crippen molar-refractivity contribution in [1.82, 2.24) is 0 Å². The number of nitrogens with two attached hydrogens (primary N) is 1. The minimum absolute atomic E-state index is 0.0107.